The first-order valence-electron chi connectivity index (χ1n) is 36.7. The molecule has 3 heterocycles. The number of benzene rings is 8. The van der Waals surface area contributed by atoms with Crippen LogP contribution in [0.25, 0.3) is 44.4 Å². The molecule has 19 nitrogen and oxygen atoms in total. The normalized spacial score (nSPS) is 11.8. The number of nitrogens with zero attached hydrogens (tertiary/aromatic N) is 3. The number of alkyl halides is 1. The fraction of sp³-hybridized carbons (Fsp3) is 0.283. The SMILES string of the molecule is C1=Cc2cc(OCc3ccccc3)ccc2C1.CC(=O)C1=CCc2ccc(OCc3ccccc3)cc21.CC(=O)c1cn(CC(=O)O)c2ccc(O)cc12.CC(=O)c1cn(CC(=O)OC(C)(C)C)c2ccc(O)cc12.CC(=O)c1cn(CC(=O)OC(C)(C)C)c2ccc(OCc3ccccc3)cc12.CC(C)(C)CC(=O)CBr. The van der Waals surface area contributed by atoms with Gasteiger partial charge in [0.25, 0.3) is 0 Å². The predicted molar refractivity (Wildman–Crippen MR) is 442 cm³/mol. The molecule has 0 bridgehead atoms. The van der Waals surface area contributed by atoms with Crippen LogP contribution in [0.15, 0.2) is 213 Å². The number of ketones is 5. The summed E-state index contributed by atoms with van der Waals surface area (Å²) in [6.07, 6.45) is 13.7. The lowest BCUT2D eigenvalue weighted by Gasteiger charge is -2.19. The van der Waals surface area contributed by atoms with E-state index in [2.05, 4.69) is 79.2 Å². The van der Waals surface area contributed by atoms with Gasteiger partial charge in [-0.2, -0.15) is 0 Å². The van der Waals surface area contributed by atoms with Gasteiger partial charge in [0.2, 0.25) is 0 Å². The maximum absolute atomic E-state index is 12.2. The van der Waals surface area contributed by atoms with Crippen LogP contribution in [0, 0.1) is 5.41 Å². The number of hydrogen-bond acceptors (Lipinski definition) is 15. The summed E-state index contributed by atoms with van der Waals surface area (Å²) in [5, 5.41) is 30.2. The molecule has 0 amide bonds. The maximum Gasteiger partial charge on any atom is 0.326 e. The van der Waals surface area contributed by atoms with Crippen molar-refractivity contribution in [3.8, 4) is 28.7 Å². The molecule has 20 heteroatoms. The second-order valence-corrected chi connectivity index (χ2v) is 30.8. The number of aliphatic carboxylic acids is 1. The molecule has 0 saturated heterocycles. The Kier molecular flexibility index (Phi) is 29.9. The molecule has 3 N–H and O–H groups in total. The fourth-order valence-corrected chi connectivity index (χ4v) is 12.4. The fourth-order valence-electron chi connectivity index (χ4n) is 12.2. The van der Waals surface area contributed by atoms with E-state index in [1.54, 1.807) is 61.4 Å². The molecular weight excluding hydrogens is 1480 g/mol. The molecule has 0 radical (unpaired) electrons. The summed E-state index contributed by atoms with van der Waals surface area (Å²) >= 11 is 3.12. The van der Waals surface area contributed by atoms with E-state index in [-0.39, 0.29) is 77.4 Å². The van der Waals surface area contributed by atoms with Crippen molar-refractivity contribution in [1.82, 2.24) is 13.7 Å². The molecule has 112 heavy (non-hydrogen) atoms. The Morgan fingerprint density at radius 3 is 1.21 bits per heavy atom. The predicted octanol–water partition coefficient (Wildman–Crippen LogP) is 19.3. The number of hydrogen-bond donors (Lipinski definition) is 3. The third-order valence-electron chi connectivity index (χ3n) is 17.1. The number of halogens is 1. The van der Waals surface area contributed by atoms with Gasteiger partial charge in [-0.3, -0.25) is 38.4 Å². The van der Waals surface area contributed by atoms with E-state index < -0.39 is 17.2 Å². The highest BCUT2D eigenvalue weighted by Crippen LogP contribution is 2.34. The first-order chi connectivity index (χ1) is 53.0. The Labute approximate surface area is 662 Å². The number of esters is 2. The lowest BCUT2D eigenvalue weighted by atomic mass is 9.90. The smallest absolute Gasteiger partial charge is 0.326 e. The van der Waals surface area contributed by atoms with E-state index >= 15 is 0 Å². The number of carbonyl (C=O) groups is 8. The first-order valence-corrected chi connectivity index (χ1v) is 37.8. The van der Waals surface area contributed by atoms with Crippen LogP contribution in [0.5, 0.6) is 28.7 Å². The number of allylic oxidation sites excluding steroid dienone is 3. The largest absolute Gasteiger partial charge is 0.508 e. The van der Waals surface area contributed by atoms with E-state index in [4.69, 9.17) is 28.8 Å². The van der Waals surface area contributed by atoms with E-state index in [0.29, 0.717) is 75.8 Å². The highest BCUT2D eigenvalue weighted by Gasteiger charge is 2.24. The van der Waals surface area contributed by atoms with E-state index in [1.807, 2.05) is 142 Å². The van der Waals surface area contributed by atoms with E-state index in [9.17, 15) is 48.6 Å². The van der Waals surface area contributed by atoms with Gasteiger partial charge in [0.1, 0.15) is 85.2 Å². The number of phenols is 2. The second kappa shape index (κ2) is 39.1. The quantitative estimate of drug-likeness (QED) is 0.0343. The van der Waals surface area contributed by atoms with Crippen LogP contribution in [0.1, 0.15) is 166 Å². The number of fused-ring (bicyclic) bond motifs is 5. The molecule has 0 fully saturated rings. The summed E-state index contributed by atoms with van der Waals surface area (Å²) in [7, 11) is 0. The topological polar surface area (TPSA) is 258 Å². The van der Waals surface area contributed by atoms with Gasteiger partial charge in [-0.1, -0.05) is 158 Å². The minimum Gasteiger partial charge on any atom is -0.508 e. The van der Waals surface area contributed by atoms with Crippen LogP contribution >= 0.6 is 15.9 Å². The molecule has 11 aromatic rings. The van der Waals surface area contributed by atoms with Gasteiger partial charge >= 0.3 is 17.9 Å². The first kappa shape index (κ1) is 85.7. The van der Waals surface area contributed by atoms with Crippen molar-refractivity contribution in [3.05, 3.63) is 268 Å². The minimum atomic E-state index is -0.981. The van der Waals surface area contributed by atoms with Crippen molar-refractivity contribution in [2.45, 2.75) is 160 Å². The monoisotopic (exact) mass is 1580 g/mol. The third-order valence-corrected chi connectivity index (χ3v) is 17.7. The number of carbonyl (C=O) groups excluding carboxylic acids is 7. The zero-order valence-corrected chi connectivity index (χ0v) is 67.3. The Morgan fingerprint density at radius 1 is 0.438 bits per heavy atom. The number of rotatable bonds is 21. The summed E-state index contributed by atoms with van der Waals surface area (Å²) in [6, 6.07) is 57.3. The number of aromatic nitrogens is 3. The van der Waals surface area contributed by atoms with Gasteiger partial charge in [-0.15, -0.1) is 0 Å². The summed E-state index contributed by atoms with van der Waals surface area (Å²) in [6.45, 7) is 24.5. The van der Waals surface area contributed by atoms with Crippen LogP contribution in [0.2, 0.25) is 0 Å². The lowest BCUT2D eigenvalue weighted by Crippen LogP contribution is -2.26. The Balaban J connectivity index is 0.000000173. The number of ether oxygens (including phenoxy) is 5. The van der Waals surface area contributed by atoms with Crippen molar-refractivity contribution in [1.29, 1.82) is 0 Å². The molecule has 2 aliphatic rings. The highest BCUT2D eigenvalue weighted by atomic mass is 79.9. The number of Topliss-reactive ketones (excluding diaryl/α,β-unsaturated/α-hetero) is 5. The molecular formula is C92H98BrN3O16. The van der Waals surface area contributed by atoms with Gasteiger partial charge < -0.3 is 52.7 Å². The van der Waals surface area contributed by atoms with Crippen LogP contribution in [-0.2, 0) is 85.7 Å². The molecule has 0 spiro atoms. The molecule has 8 aromatic carbocycles. The zero-order chi connectivity index (χ0) is 81.6. The van der Waals surface area contributed by atoms with Gasteiger partial charge in [0.05, 0.1) is 5.33 Å². The number of aromatic hydroxyl groups is 2. The highest BCUT2D eigenvalue weighted by molar-refractivity contribution is 9.09. The van der Waals surface area contributed by atoms with E-state index in [1.165, 1.54) is 78.1 Å². The third kappa shape index (κ3) is 26.1. The average molecular weight is 1580 g/mol. The van der Waals surface area contributed by atoms with Crippen molar-refractivity contribution < 1.29 is 77.4 Å². The number of carboxylic acid groups (broad SMARTS) is 1. The molecule has 3 aromatic heterocycles. The van der Waals surface area contributed by atoms with Crippen molar-refractivity contribution >= 4 is 107 Å². The molecule has 0 unspecified atom stereocenters. The second-order valence-electron chi connectivity index (χ2n) is 30.2. The standard InChI is InChI=1S/C23H25NO4.C18H16O2.C16H19NO4.C16H14O.C12H11NO4.C7H13BrO/c1-16(25)20-13-24(14-22(26)28-23(2,3)4)21-11-10-18(12-19(20)21)27-15-17-8-6-5-7-9-17;1-13(19)17-10-8-15-7-9-16(11-18(15)17)20-12-14-5-3-2-4-6-14;1-10(18)13-8-17(9-15(20)21-16(2,3)4)14-6-5-11(19)7-12(13)14;1-2-5-13(6-3-1)12-17-16-10-9-14-7-4-8-15(14)11-16;1-7(14)10-5-13(6-12(16)17)11-3-2-8(15)4-9(10)11;1-7(2,3)4-6(9)5-8/h5-13H,14-15H2,1-4H3;2-7,9-11H,8,12H2,1H3;5-8,19H,9H2,1-4H3;1-6,8-11H,7,12H2;2-5,15H,6H2,1H3,(H,16,17);4-5H2,1-3H3. The summed E-state index contributed by atoms with van der Waals surface area (Å²) in [5.74, 6) is 0.914. The molecule has 0 atom stereocenters. The maximum atomic E-state index is 12.2. The number of phenolic OH excluding ortho intramolecular Hbond substituents is 2. The van der Waals surface area contributed by atoms with Crippen LogP contribution < -0.4 is 14.2 Å². The van der Waals surface area contributed by atoms with Crippen LogP contribution in [-0.4, -0.2) is 92.4 Å². The van der Waals surface area contributed by atoms with Gasteiger partial charge in [-0.05, 0) is 205 Å². The Hall–Kier alpha value is -11.9. The van der Waals surface area contributed by atoms with Crippen LogP contribution in [0.3, 0.4) is 0 Å². The van der Waals surface area contributed by atoms with Crippen LogP contribution in [0.4, 0.5) is 0 Å². The Bertz CT molecular complexity index is 5240. The number of carboxylic acids is 1. The van der Waals surface area contributed by atoms with E-state index in [0.717, 1.165) is 57.5 Å². The van der Waals surface area contributed by atoms with Gasteiger partial charge in [0.15, 0.2) is 23.1 Å². The molecule has 0 saturated carbocycles. The molecule has 2 aliphatic carbocycles. The molecule has 584 valence electrons. The van der Waals surface area contributed by atoms with Gasteiger partial charge in [0, 0.05) is 80.0 Å². The lowest BCUT2D eigenvalue weighted by molar-refractivity contribution is -0.156. The van der Waals surface area contributed by atoms with Crippen molar-refractivity contribution in [3.63, 3.8) is 0 Å². The van der Waals surface area contributed by atoms with Crippen molar-refractivity contribution in [2.24, 2.45) is 5.41 Å². The molecule has 13 rings (SSSR count). The zero-order valence-electron chi connectivity index (χ0n) is 65.7. The van der Waals surface area contributed by atoms with Gasteiger partial charge in [-0.25, -0.2) is 0 Å². The molecule has 0 aliphatic heterocycles. The van der Waals surface area contributed by atoms with Crippen molar-refractivity contribution in [2.75, 3.05) is 5.33 Å². The average Bonchev–Trinajstić information content (AvgIpc) is 1.65. The summed E-state index contributed by atoms with van der Waals surface area (Å²) in [5.41, 5.74) is 11.7. The summed E-state index contributed by atoms with van der Waals surface area (Å²) in [4.78, 5) is 92.5. The summed E-state index contributed by atoms with van der Waals surface area (Å²) < 4.78 is 33.1. The minimum absolute atomic E-state index is 0.0197. The Morgan fingerprint density at radius 2 is 0.821 bits per heavy atom.